The minimum absolute atomic E-state index is 0.0238. The fraction of sp³-hybridized carbons (Fsp3) is 0.500. The lowest BCUT2D eigenvalue weighted by Gasteiger charge is -2.34. The smallest absolute Gasteiger partial charge is 0.238 e. The van der Waals surface area contributed by atoms with Crippen LogP contribution in [-0.4, -0.2) is 36.5 Å². The summed E-state index contributed by atoms with van der Waals surface area (Å²) in [5.74, 6) is 0.510. The number of carbonyl (C=O) groups excluding carboxylic acids is 1. The molecule has 0 bridgehead atoms. The summed E-state index contributed by atoms with van der Waals surface area (Å²) in [6.07, 6.45) is 1.41. The van der Waals surface area contributed by atoms with Crippen molar-refractivity contribution < 1.29 is 4.79 Å². The summed E-state index contributed by atoms with van der Waals surface area (Å²) in [5.41, 5.74) is 7.70. The SMILES string of the molecule is CC1CC(N)CN(CC(=O)Nc2ccc(CC#N)cc2)C1. The van der Waals surface area contributed by atoms with E-state index in [1.165, 1.54) is 0 Å². The van der Waals surface area contributed by atoms with Crippen molar-refractivity contribution in [1.82, 2.24) is 4.90 Å². The Kier molecular flexibility index (Phi) is 5.32. The summed E-state index contributed by atoms with van der Waals surface area (Å²) in [6, 6.07) is 9.63. The molecule has 2 atom stereocenters. The van der Waals surface area contributed by atoms with E-state index in [1.54, 1.807) is 0 Å². The average Bonchev–Trinajstić information content (AvgIpc) is 2.40. The highest BCUT2D eigenvalue weighted by molar-refractivity contribution is 5.92. The fourth-order valence-electron chi connectivity index (χ4n) is 2.84. The zero-order valence-corrected chi connectivity index (χ0v) is 12.4. The number of likely N-dealkylation sites (tertiary alicyclic amines) is 1. The quantitative estimate of drug-likeness (QED) is 0.875. The van der Waals surface area contributed by atoms with Crippen LogP contribution in [0.15, 0.2) is 24.3 Å². The van der Waals surface area contributed by atoms with Crippen LogP contribution >= 0.6 is 0 Å². The number of piperidine rings is 1. The molecular weight excluding hydrogens is 264 g/mol. The molecule has 1 aliphatic rings. The normalized spacial score (nSPS) is 22.5. The summed E-state index contributed by atoms with van der Waals surface area (Å²) < 4.78 is 0. The Labute approximate surface area is 125 Å². The maximum atomic E-state index is 12.1. The number of nitrogens with two attached hydrogens (primary N) is 1. The Balaban J connectivity index is 1.85. The number of amides is 1. The molecule has 1 saturated heterocycles. The highest BCUT2D eigenvalue weighted by atomic mass is 16.2. The maximum Gasteiger partial charge on any atom is 0.238 e. The predicted octanol–water partition coefficient (Wildman–Crippen LogP) is 1.36. The zero-order chi connectivity index (χ0) is 15.2. The van der Waals surface area contributed by atoms with Gasteiger partial charge in [-0.15, -0.1) is 0 Å². The van der Waals surface area contributed by atoms with Gasteiger partial charge >= 0.3 is 0 Å². The van der Waals surface area contributed by atoms with Crippen LogP contribution in [0.3, 0.4) is 0 Å². The van der Waals surface area contributed by atoms with Gasteiger partial charge in [0.1, 0.15) is 0 Å². The van der Waals surface area contributed by atoms with Gasteiger partial charge in [0.2, 0.25) is 5.91 Å². The van der Waals surface area contributed by atoms with E-state index in [4.69, 9.17) is 11.0 Å². The third-order valence-corrected chi connectivity index (χ3v) is 3.66. The molecule has 1 aromatic rings. The Morgan fingerprint density at radius 2 is 2.14 bits per heavy atom. The minimum atomic E-state index is -0.0238. The van der Waals surface area contributed by atoms with Crippen LogP contribution in [0.5, 0.6) is 0 Å². The second-order valence-electron chi connectivity index (χ2n) is 5.88. The molecule has 1 fully saturated rings. The predicted molar refractivity (Wildman–Crippen MR) is 82.6 cm³/mol. The van der Waals surface area contributed by atoms with Gasteiger partial charge in [-0.05, 0) is 30.0 Å². The van der Waals surface area contributed by atoms with Crippen molar-refractivity contribution in [1.29, 1.82) is 5.26 Å². The van der Waals surface area contributed by atoms with Crippen molar-refractivity contribution in [2.75, 3.05) is 25.0 Å². The van der Waals surface area contributed by atoms with Gasteiger partial charge in [0, 0.05) is 24.8 Å². The molecule has 1 aromatic carbocycles. The largest absolute Gasteiger partial charge is 0.327 e. The molecule has 0 aromatic heterocycles. The maximum absolute atomic E-state index is 12.1. The third-order valence-electron chi connectivity index (χ3n) is 3.66. The summed E-state index contributed by atoms with van der Waals surface area (Å²) >= 11 is 0. The first-order chi connectivity index (χ1) is 10.1. The molecule has 5 heteroatoms. The van der Waals surface area contributed by atoms with E-state index in [2.05, 4.69) is 23.2 Å². The van der Waals surface area contributed by atoms with Gasteiger partial charge in [-0.1, -0.05) is 19.1 Å². The first kappa shape index (κ1) is 15.5. The van der Waals surface area contributed by atoms with Crippen LogP contribution in [0.4, 0.5) is 5.69 Å². The third kappa shape index (κ3) is 4.85. The molecule has 2 unspecified atom stereocenters. The molecule has 1 heterocycles. The average molecular weight is 286 g/mol. The van der Waals surface area contributed by atoms with Crippen LogP contribution < -0.4 is 11.1 Å². The fourth-order valence-corrected chi connectivity index (χ4v) is 2.84. The highest BCUT2D eigenvalue weighted by Gasteiger charge is 2.23. The van der Waals surface area contributed by atoms with Crippen molar-refractivity contribution in [3.8, 4) is 6.07 Å². The van der Waals surface area contributed by atoms with Gasteiger partial charge in [-0.25, -0.2) is 0 Å². The van der Waals surface area contributed by atoms with Gasteiger partial charge in [0.05, 0.1) is 19.0 Å². The summed E-state index contributed by atoms with van der Waals surface area (Å²) in [6.45, 7) is 4.23. The lowest BCUT2D eigenvalue weighted by molar-refractivity contribution is -0.117. The number of nitrogens with one attached hydrogen (secondary N) is 1. The molecule has 2 rings (SSSR count). The molecule has 1 amide bonds. The lowest BCUT2D eigenvalue weighted by Crippen LogP contribution is -2.48. The van der Waals surface area contributed by atoms with Crippen LogP contribution in [0.2, 0.25) is 0 Å². The monoisotopic (exact) mass is 286 g/mol. The number of hydrogen-bond donors (Lipinski definition) is 2. The molecule has 21 heavy (non-hydrogen) atoms. The van der Waals surface area contributed by atoms with E-state index in [0.29, 0.717) is 18.9 Å². The number of anilines is 1. The number of benzene rings is 1. The van der Waals surface area contributed by atoms with Crippen LogP contribution in [-0.2, 0) is 11.2 Å². The summed E-state index contributed by atoms with van der Waals surface area (Å²) in [7, 11) is 0. The van der Waals surface area contributed by atoms with Crippen LogP contribution in [0.25, 0.3) is 0 Å². The molecule has 1 aliphatic heterocycles. The van der Waals surface area contributed by atoms with E-state index in [1.807, 2.05) is 24.3 Å². The van der Waals surface area contributed by atoms with Gasteiger partial charge in [0.25, 0.3) is 0 Å². The summed E-state index contributed by atoms with van der Waals surface area (Å²) in [4.78, 5) is 14.2. The Bertz CT molecular complexity index is 510. The summed E-state index contributed by atoms with van der Waals surface area (Å²) in [5, 5.41) is 11.5. The molecule has 3 N–H and O–H groups in total. The second-order valence-corrected chi connectivity index (χ2v) is 5.88. The van der Waals surface area contributed by atoms with E-state index in [9.17, 15) is 4.79 Å². The number of nitriles is 1. The van der Waals surface area contributed by atoms with Crippen LogP contribution in [0.1, 0.15) is 18.9 Å². The zero-order valence-electron chi connectivity index (χ0n) is 12.4. The first-order valence-corrected chi connectivity index (χ1v) is 7.30. The Hall–Kier alpha value is -1.90. The van der Waals surface area contributed by atoms with E-state index in [-0.39, 0.29) is 11.9 Å². The molecule has 0 aliphatic carbocycles. The van der Waals surface area contributed by atoms with E-state index < -0.39 is 0 Å². The molecule has 112 valence electrons. The van der Waals surface area contributed by atoms with Crippen LogP contribution in [0, 0.1) is 17.2 Å². The molecule has 5 nitrogen and oxygen atoms in total. The standard InChI is InChI=1S/C16H22N4O/c1-12-8-14(18)10-20(9-12)11-16(21)19-15-4-2-13(3-5-15)6-7-17/h2-5,12,14H,6,8-11,18H2,1H3,(H,19,21). The van der Waals surface area contributed by atoms with E-state index in [0.717, 1.165) is 30.8 Å². The van der Waals surface area contributed by atoms with Crippen molar-refractivity contribution in [3.05, 3.63) is 29.8 Å². The Morgan fingerprint density at radius 1 is 1.43 bits per heavy atom. The Morgan fingerprint density at radius 3 is 2.76 bits per heavy atom. The topological polar surface area (TPSA) is 82.2 Å². The number of carbonyl (C=O) groups is 1. The van der Waals surface area contributed by atoms with Crippen molar-refractivity contribution >= 4 is 11.6 Å². The lowest BCUT2D eigenvalue weighted by atomic mass is 9.97. The van der Waals surface area contributed by atoms with Gasteiger partial charge in [0.15, 0.2) is 0 Å². The van der Waals surface area contributed by atoms with E-state index >= 15 is 0 Å². The van der Waals surface area contributed by atoms with Gasteiger partial charge < -0.3 is 11.1 Å². The van der Waals surface area contributed by atoms with Gasteiger partial charge in [-0.3, -0.25) is 9.69 Å². The number of hydrogen-bond acceptors (Lipinski definition) is 4. The van der Waals surface area contributed by atoms with Crippen molar-refractivity contribution in [2.24, 2.45) is 11.7 Å². The minimum Gasteiger partial charge on any atom is -0.327 e. The number of rotatable bonds is 4. The highest BCUT2D eigenvalue weighted by Crippen LogP contribution is 2.15. The molecular formula is C16H22N4O. The first-order valence-electron chi connectivity index (χ1n) is 7.30. The molecule has 0 radical (unpaired) electrons. The van der Waals surface area contributed by atoms with Crippen molar-refractivity contribution in [2.45, 2.75) is 25.8 Å². The van der Waals surface area contributed by atoms with Gasteiger partial charge in [-0.2, -0.15) is 5.26 Å². The molecule has 0 spiro atoms. The molecule has 0 saturated carbocycles. The number of nitrogens with zero attached hydrogens (tertiary/aromatic N) is 2. The van der Waals surface area contributed by atoms with Crippen molar-refractivity contribution in [3.63, 3.8) is 0 Å². The second kappa shape index (κ2) is 7.21.